The van der Waals surface area contributed by atoms with Crippen LogP contribution in [0.1, 0.15) is 57.8 Å². The van der Waals surface area contributed by atoms with E-state index >= 15 is 0 Å². The summed E-state index contributed by atoms with van der Waals surface area (Å²) in [6, 6.07) is 12.0. The number of anilines is 1. The molecule has 4 atom stereocenters. The number of para-hydroxylation sites is 1. The molecule has 3 saturated carbocycles. The third kappa shape index (κ3) is 4.99. The maximum absolute atomic E-state index is 9.59. The molecular weight excluding hydrogens is 528 g/mol. The second kappa shape index (κ2) is 10.2. The van der Waals surface area contributed by atoms with E-state index < -0.39 is 0 Å². The standard InChI is InChI=1S/C14H16N2.C9H16O2.Ir/c1-2-6-13(7-3-1)15-10-11-16(12-15)14-8-4-5-9-14;10-7-3-1-2-6-4-5-8(11)9(6)7;/h1-3,6,10-12,14H,4-5,8-9H2;6-11H,1-5H2;/q-2;;. The van der Waals surface area contributed by atoms with Crippen molar-refractivity contribution in [3.63, 3.8) is 0 Å². The Kier molecular flexibility index (Phi) is 7.99. The van der Waals surface area contributed by atoms with Gasteiger partial charge in [0.25, 0.3) is 0 Å². The second-order valence-corrected chi connectivity index (χ2v) is 8.43. The first-order chi connectivity index (χ1) is 13.2. The van der Waals surface area contributed by atoms with Crippen molar-refractivity contribution in [2.45, 2.75) is 76.0 Å². The summed E-state index contributed by atoms with van der Waals surface area (Å²) in [4.78, 5) is 4.48. The van der Waals surface area contributed by atoms with E-state index in [-0.39, 0.29) is 38.2 Å². The molecule has 2 N–H and O–H groups in total. The zero-order valence-corrected chi connectivity index (χ0v) is 18.8. The molecule has 1 aromatic rings. The van der Waals surface area contributed by atoms with Crippen LogP contribution in [0.4, 0.5) is 5.69 Å². The quantitative estimate of drug-likeness (QED) is 0.536. The summed E-state index contributed by atoms with van der Waals surface area (Å²) in [5.41, 5.74) is 1.11. The van der Waals surface area contributed by atoms with Crippen molar-refractivity contribution in [2.24, 2.45) is 11.8 Å². The molecule has 0 saturated heterocycles. The maximum Gasteiger partial charge on any atom is 0.0595 e. The van der Waals surface area contributed by atoms with Crippen LogP contribution in [-0.4, -0.2) is 33.4 Å². The Hall–Kier alpha value is -0.871. The zero-order chi connectivity index (χ0) is 18.6. The van der Waals surface area contributed by atoms with Gasteiger partial charge in [0, 0.05) is 32.1 Å². The summed E-state index contributed by atoms with van der Waals surface area (Å²) < 4.78 is 0. The molecule has 0 aromatic heterocycles. The van der Waals surface area contributed by atoms with Crippen molar-refractivity contribution >= 4 is 5.69 Å². The van der Waals surface area contributed by atoms with Gasteiger partial charge in [-0.05, 0) is 56.8 Å². The molecule has 157 valence electrons. The summed E-state index contributed by atoms with van der Waals surface area (Å²) in [6.07, 6.45) is 14.6. The molecule has 3 aliphatic carbocycles. The molecule has 0 amide bonds. The number of nitrogens with zero attached hydrogens (tertiary/aromatic N) is 2. The molecule has 1 aromatic carbocycles. The van der Waals surface area contributed by atoms with Crippen molar-refractivity contribution < 1.29 is 30.3 Å². The van der Waals surface area contributed by atoms with Crippen molar-refractivity contribution in [3.05, 3.63) is 49.4 Å². The Labute approximate surface area is 183 Å². The largest absolute Gasteiger partial charge is 0.505 e. The van der Waals surface area contributed by atoms with Crippen molar-refractivity contribution in [1.29, 1.82) is 0 Å². The van der Waals surface area contributed by atoms with Gasteiger partial charge in [0.15, 0.2) is 0 Å². The first kappa shape index (κ1) is 21.8. The van der Waals surface area contributed by atoms with Crippen LogP contribution in [0.5, 0.6) is 0 Å². The number of fused-ring (bicyclic) bond motifs is 1. The summed E-state index contributed by atoms with van der Waals surface area (Å²) in [6.45, 7) is 2.18. The Morgan fingerprint density at radius 2 is 1.68 bits per heavy atom. The van der Waals surface area contributed by atoms with Crippen LogP contribution < -0.4 is 4.90 Å². The minimum atomic E-state index is -0.216. The van der Waals surface area contributed by atoms with E-state index in [0.717, 1.165) is 31.4 Å². The first-order valence-corrected chi connectivity index (χ1v) is 10.6. The van der Waals surface area contributed by atoms with E-state index in [4.69, 9.17) is 0 Å². The summed E-state index contributed by atoms with van der Waals surface area (Å²) in [5, 5.41) is 19.1. The summed E-state index contributed by atoms with van der Waals surface area (Å²) >= 11 is 0. The van der Waals surface area contributed by atoms with Gasteiger partial charge in [-0.3, -0.25) is 0 Å². The predicted octanol–water partition coefficient (Wildman–Crippen LogP) is 4.06. The average Bonchev–Trinajstić information content (AvgIpc) is 3.44. The fourth-order valence-corrected chi connectivity index (χ4v) is 5.25. The fourth-order valence-electron chi connectivity index (χ4n) is 5.25. The molecule has 28 heavy (non-hydrogen) atoms. The number of aliphatic hydroxyl groups excluding tert-OH is 2. The smallest absolute Gasteiger partial charge is 0.0595 e. The van der Waals surface area contributed by atoms with Crippen LogP contribution in [-0.2, 0) is 20.1 Å². The minimum absolute atomic E-state index is 0. The fraction of sp³-hybridized carbons (Fsp3) is 0.609. The number of rotatable bonds is 2. The zero-order valence-electron chi connectivity index (χ0n) is 16.4. The van der Waals surface area contributed by atoms with Gasteiger partial charge < -0.3 is 20.0 Å². The molecule has 3 fully saturated rings. The molecule has 1 radical (unpaired) electrons. The van der Waals surface area contributed by atoms with Crippen LogP contribution in [0.3, 0.4) is 0 Å². The van der Waals surface area contributed by atoms with Gasteiger partial charge in [0.05, 0.1) is 12.2 Å². The van der Waals surface area contributed by atoms with Gasteiger partial charge >= 0.3 is 0 Å². The number of hydrogen-bond acceptors (Lipinski definition) is 4. The van der Waals surface area contributed by atoms with Crippen LogP contribution in [0.15, 0.2) is 36.7 Å². The van der Waals surface area contributed by atoms with Crippen LogP contribution in [0, 0.1) is 24.6 Å². The molecule has 1 heterocycles. The molecule has 4 unspecified atom stereocenters. The predicted molar refractivity (Wildman–Crippen MR) is 107 cm³/mol. The van der Waals surface area contributed by atoms with Gasteiger partial charge in [0.2, 0.25) is 0 Å². The third-order valence-corrected chi connectivity index (χ3v) is 6.72. The second-order valence-electron chi connectivity index (χ2n) is 8.43. The van der Waals surface area contributed by atoms with Gasteiger partial charge in [-0.15, -0.1) is 5.69 Å². The molecule has 1 aliphatic heterocycles. The molecule has 5 heteroatoms. The molecule has 0 bridgehead atoms. The van der Waals surface area contributed by atoms with Gasteiger partial charge in [-0.1, -0.05) is 19.3 Å². The maximum atomic E-state index is 9.59. The van der Waals surface area contributed by atoms with E-state index in [1.54, 1.807) is 0 Å². The molecule has 0 spiro atoms. The number of aliphatic hydroxyl groups is 2. The summed E-state index contributed by atoms with van der Waals surface area (Å²) in [5.74, 6) is 0.831. The van der Waals surface area contributed by atoms with E-state index in [1.165, 1.54) is 32.1 Å². The first-order valence-electron chi connectivity index (χ1n) is 10.6. The van der Waals surface area contributed by atoms with Gasteiger partial charge in [0.1, 0.15) is 0 Å². The minimum Gasteiger partial charge on any atom is -0.505 e. The molecule has 5 rings (SSSR count). The van der Waals surface area contributed by atoms with Crippen molar-refractivity contribution in [2.75, 3.05) is 4.90 Å². The van der Waals surface area contributed by atoms with Crippen LogP contribution >= 0.6 is 0 Å². The Morgan fingerprint density at radius 1 is 0.893 bits per heavy atom. The van der Waals surface area contributed by atoms with E-state index in [9.17, 15) is 10.2 Å². The Balaban J connectivity index is 0.000000165. The van der Waals surface area contributed by atoms with Crippen molar-refractivity contribution in [1.82, 2.24) is 4.90 Å². The van der Waals surface area contributed by atoms with E-state index in [0.29, 0.717) is 12.0 Å². The van der Waals surface area contributed by atoms with Gasteiger partial charge in [-0.25, -0.2) is 0 Å². The topological polar surface area (TPSA) is 46.9 Å². The number of hydrogen-bond donors (Lipinski definition) is 2. The van der Waals surface area contributed by atoms with Crippen molar-refractivity contribution in [3.8, 4) is 0 Å². The Morgan fingerprint density at radius 3 is 2.39 bits per heavy atom. The number of benzene rings is 1. The molecule has 4 aliphatic rings. The van der Waals surface area contributed by atoms with Crippen LogP contribution in [0.2, 0.25) is 0 Å². The Bertz CT molecular complexity index is 618. The van der Waals surface area contributed by atoms with Crippen LogP contribution in [0.25, 0.3) is 0 Å². The normalized spacial score (nSPS) is 31.9. The average molecular weight is 561 g/mol. The summed E-state index contributed by atoms with van der Waals surface area (Å²) in [7, 11) is 0. The molecule has 4 nitrogen and oxygen atoms in total. The van der Waals surface area contributed by atoms with Gasteiger partial charge in [-0.2, -0.15) is 37.0 Å². The SMILES string of the molecule is OC1CCCC2CCC(O)C12.[Ir].[c-]1ccccc1N1C=CN(C2CCCC2)[CH-]1. The third-order valence-electron chi connectivity index (χ3n) is 6.72. The van der Waals surface area contributed by atoms with E-state index in [2.05, 4.69) is 41.0 Å². The molecular formula is C23H32IrN2O2-2. The van der Waals surface area contributed by atoms with E-state index in [1.807, 2.05) is 18.2 Å². The monoisotopic (exact) mass is 561 g/mol.